The number of phenolic OH excluding ortho intramolecular Hbond substituents is 1. The molecule has 6 heteroatoms. The van der Waals surface area contributed by atoms with Crippen LogP contribution in [-0.2, 0) is 0 Å². The van der Waals surface area contributed by atoms with E-state index in [0.717, 1.165) is 5.56 Å². The zero-order chi connectivity index (χ0) is 18.7. The molecular formula is C20H19ClN2O3. The fourth-order valence-electron chi connectivity index (χ4n) is 2.46. The van der Waals surface area contributed by atoms with Crippen LogP contribution in [0.25, 0.3) is 22.5 Å². The van der Waals surface area contributed by atoms with E-state index in [1.165, 1.54) is 12.7 Å². The maximum Gasteiger partial charge on any atom is 0.269 e. The van der Waals surface area contributed by atoms with Gasteiger partial charge in [0.1, 0.15) is 5.03 Å². The monoisotopic (exact) mass is 370 g/mol. The van der Waals surface area contributed by atoms with Crippen LogP contribution in [0.15, 0.2) is 47.0 Å². The van der Waals surface area contributed by atoms with Crippen LogP contribution in [0.5, 0.6) is 11.5 Å². The van der Waals surface area contributed by atoms with Crippen molar-refractivity contribution in [2.75, 3.05) is 7.11 Å². The fourth-order valence-corrected chi connectivity index (χ4v) is 2.66. The molecule has 3 aromatic rings. The SMILES string of the molecule is COc1ccc(/C=C(\Cl)c2nc(-c3ccc(C(C)C)cc3)no2)cc1O. The van der Waals surface area contributed by atoms with E-state index < -0.39 is 0 Å². The molecule has 0 spiro atoms. The highest BCUT2D eigenvalue weighted by Crippen LogP contribution is 2.29. The second-order valence-electron chi connectivity index (χ2n) is 6.12. The first kappa shape index (κ1) is 18.0. The molecule has 26 heavy (non-hydrogen) atoms. The van der Waals surface area contributed by atoms with Crippen LogP contribution in [0.1, 0.15) is 36.8 Å². The number of ether oxygens (including phenoxy) is 1. The Morgan fingerprint density at radius 2 is 1.92 bits per heavy atom. The molecule has 0 unspecified atom stereocenters. The summed E-state index contributed by atoms with van der Waals surface area (Å²) in [6, 6.07) is 13.0. The summed E-state index contributed by atoms with van der Waals surface area (Å²) in [7, 11) is 1.49. The van der Waals surface area contributed by atoms with Gasteiger partial charge in [-0.05, 0) is 35.3 Å². The van der Waals surface area contributed by atoms with Crippen molar-refractivity contribution in [2.24, 2.45) is 0 Å². The molecule has 0 saturated carbocycles. The second kappa shape index (κ2) is 7.62. The Morgan fingerprint density at radius 3 is 2.54 bits per heavy atom. The highest BCUT2D eigenvalue weighted by molar-refractivity contribution is 6.50. The quantitative estimate of drug-likeness (QED) is 0.659. The van der Waals surface area contributed by atoms with Crippen molar-refractivity contribution in [1.82, 2.24) is 10.1 Å². The molecule has 1 N–H and O–H groups in total. The first-order valence-electron chi connectivity index (χ1n) is 8.16. The third kappa shape index (κ3) is 3.89. The number of phenols is 1. The lowest BCUT2D eigenvalue weighted by molar-refractivity contribution is 0.373. The van der Waals surface area contributed by atoms with Crippen LogP contribution in [0.3, 0.4) is 0 Å². The number of benzene rings is 2. The Hall–Kier alpha value is -2.79. The Kier molecular flexibility index (Phi) is 5.28. The average molecular weight is 371 g/mol. The molecule has 1 heterocycles. The maximum atomic E-state index is 9.84. The molecule has 5 nitrogen and oxygen atoms in total. The molecule has 0 fully saturated rings. The molecule has 0 aliphatic carbocycles. The smallest absolute Gasteiger partial charge is 0.269 e. The van der Waals surface area contributed by atoms with E-state index in [1.54, 1.807) is 24.3 Å². The van der Waals surface area contributed by atoms with Crippen LogP contribution in [0, 0.1) is 0 Å². The van der Waals surface area contributed by atoms with Gasteiger partial charge in [-0.3, -0.25) is 0 Å². The lowest BCUT2D eigenvalue weighted by atomic mass is 10.0. The van der Waals surface area contributed by atoms with Crippen molar-refractivity contribution in [2.45, 2.75) is 19.8 Å². The minimum atomic E-state index is 0.0298. The Morgan fingerprint density at radius 1 is 1.19 bits per heavy atom. The largest absolute Gasteiger partial charge is 0.504 e. The van der Waals surface area contributed by atoms with Gasteiger partial charge in [0.05, 0.1) is 7.11 Å². The number of hydrogen-bond acceptors (Lipinski definition) is 5. The topological polar surface area (TPSA) is 68.4 Å². The Balaban J connectivity index is 1.83. The van der Waals surface area contributed by atoms with Gasteiger partial charge < -0.3 is 14.4 Å². The zero-order valence-corrected chi connectivity index (χ0v) is 15.5. The molecule has 0 amide bonds. The third-order valence-electron chi connectivity index (χ3n) is 3.96. The number of methoxy groups -OCH3 is 1. The normalized spacial score (nSPS) is 11.8. The van der Waals surface area contributed by atoms with Gasteiger partial charge in [0.2, 0.25) is 5.82 Å². The highest BCUT2D eigenvalue weighted by Gasteiger charge is 2.12. The van der Waals surface area contributed by atoms with E-state index in [2.05, 4.69) is 24.0 Å². The summed E-state index contributed by atoms with van der Waals surface area (Å²) in [6.45, 7) is 4.28. The summed E-state index contributed by atoms with van der Waals surface area (Å²) in [5.41, 5.74) is 2.79. The first-order valence-corrected chi connectivity index (χ1v) is 8.54. The van der Waals surface area contributed by atoms with E-state index >= 15 is 0 Å². The second-order valence-corrected chi connectivity index (χ2v) is 6.53. The Labute approximate surface area is 156 Å². The molecule has 2 aromatic carbocycles. The van der Waals surface area contributed by atoms with Gasteiger partial charge in [-0.2, -0.15) is 4.98 Å². The predicted molar refractivity (Wildman–Crippen MR) is 102 cm³/mol. The van der Waals surface area contributed by atoms with Gasteiger partial charge in [0.15, 0.2) is 11.5 Å². The third-order valence-corrected chi connectivity index (χ3v) is 4.23. The van der Waals surface area contributed by atoms with Gasteiger partial charge in [0.25, 0.3) is 5.89 Å². The van der Waals surface area contributed by atoms with E-state index in [0.29, 0.717) is 23.1 Å². The van der Waals surface area contributed by atoms with Gasteiger partial charge in [-0.1, -0.05) is 60.9 Å². The van der Waals surface area contributed by atoms with Gasteiger partial charge >= 0.3 is 0 Å². The molecule has 0 radical (unpaired) electrons. The minimum Gasteiger partial charge on any atom is -0.504 e. The van der Waals surface area contributed by atoms with Crippen LogP contribution < -0.4 is 4.74 Å². The van der Waals surface area contributed by atoms with Crippen LogP contribution in [0.2, 0.25) is 0 Å². The van der Waals surface area contributed by atoms with Gasteiger partial charge in [-0.15, -0.1) is 0 Å². The van der Waals surface area contributed by atoms with E-state index in [9.17, 15) is 5.11 Å². The van der Waals surface area contributed by atoms with Gasteiger partial charge in [-0.25, -0.2) is 0 Å². The molecular weight excluding hydrogens is 352 g/mol. The van der Waals surface area contributed by atoms with Crippen molar-refractivity contribution in [3.63, 3.8) is 0 Å². The van der Waals surface area contributed by atoms with Crippen molar-refractivity contribution in [1.29, 1.82) is 0 Å². The maximum absolute atomic E-state index is 9.84. The van der Waals surface area contributed by atoms with Crippen LogP contribution >= 0.6 is 11.6 Å². The Bertz CT molecular complexity index is 930. The number of nitrogens with zero attached hydrogens (tertiary/aromatic N) is 2. The number of aromatic nitrogens is 2. The molecule has 0 aliphatic heterocycles. The highest BCUT2D eigenvalue weighted by atomic mass is 35.5. The summed E-state index contributed by atoms with van der Waals surface area (Å²) in [5.74, 6) is 1.57. The summed E-state index contributed by atoms with van der Waals surface area (Å²) < 4.78 is 10.3. The van der Waals surface area contributed by atoms with E-state index in [4.69, 9.17) is 20.9 Å². The van der Waals surface area contributed by atoms with Crippen molar-refractivity contribution >= 4 is 22.7 Å². The van der Waals surface area contributed by atoms with Gasteiger partial charge in [0, 0.05) is 5.56 Å². The molecule has 0 saturated heterocycles. The standard InChI is InChI=1S/C20H19ClN2O3/c1-12(2)14-5-7-15(8-6-14)19-22-20(26-23-19)16(21)10-13-4-9-18(25-3)17(24)11-13/h4-12,24H,1-3H3/b16-10-. The molecule has 0 bridgehead atoms. The molecule has 0 aliphatic rings. The van der Waals surface area contributed by atoms with E-state index in [-0.39, 0.29) is 16.7 Å². The van der Waals surface area contributed by atoms with Crippen LogP contribution in [0.4, 0.5) is 0 Å². The summed E-state index contributed by atoms with van der Waals surface area (Å²) in [6.07, 6.45) is 1.64. The zero-order valence-electron chi connectivity index (χ0n) is 14.7. The van der Waals surface area contributed by atoms with Crippen molar-refractivity contribution in [3.8, 4) is 22.9 Å². The predicted octanol–water partition coefficient (Wildman–Crippen LogP) is 5.31. The summed E-state index contributed by atoms with van der Waals surface area (Å²) in [4.78, 5) is 4.34. The van der Waals surface area contributed by atoms with Crippen molar-refractivity contribution < 1.29 is 14.4 Å². The number of aromatic hydroxyl groups is 1. The summed E-state index contributed by atoms with van der Waals surface area (Å²) >= 11 is 6.29. The summed E-state index contributed by atoms with van der Waals surface area (Å²) in [5, 5.41) is 14.1. The molecule has 134 valence electrons. The number of halogens is 1. The van der Waals surface area contributed by atoms with E-state index in [1.807, 2.05) is 24.3 Å². The fraction of sp³-hybridized carbons (Fsp3) is 0.200. The molecule has 1 aromatic heterocycles. The lowest BCUT2D eigenvalue weighted by Gasteiger charge is -2.04. The number of rotatable bonds is 5. The average Bonchev–Trinajstić information content (AvgIpc) is 3.12. The van der Waals surface area contributed by atoms with Crippen LogP contribution in [-0.4, -0.2) is 22.4 Å². The lowest BCUT2D eigenvalue weighted by Crippen LogP contribution is -1.87. The first-order chi connectivity index (χ1) is 12.5. The van der Waals surface area contributed by atoms with Crippen molar-refractivity contribution in [3.05, 3.63) is 59.5 Å². The minimum absolute atomic E-state index is 0.0298. The number of hydrogen-bond donors (Lipinski definition) is 1. The molecule has 3 rings (SSSR count). The molecule has 0 atom stereocenters.